The van der Waals surface area contributed by atoms with Crippen molar-refractivity contribution in [1.82, 2.24) is 5.32 Å². The van der Waals surface area contributed by atoms with Crippen molar-refractivity contribution >= 4 is 21.9 Å². The lowest BCUT2D eigenvalue weighted by Crippen LogP contribution is -2.35. The standard InChI is InChI=1S/C14H20BrNO3/c1-9(12-6-7-13(15)19-12)16-8-10-4-2-3-5-11(10)14(17)18/h6-7,9-11,16H,2-5,8H2,1H3,(H,17,18). The van der Waals surface area contributed by atoms with Crippen LogP contribution in [-0.2, 0) is 4.79 Å². The Kier molecular flexibility index (Phi) is 5.05. The van der Waals surface area contributed by atoms with E-state index in [-0.39, 0.29) is 17.9 Å². The molecule has 0 radical (unpaired) electrons. The van der Waals surface area contributed by atoms with E-state index in [1.807, 2.05) is 19.1 Å². The largest absolute Gasteiger partial charge is 0.481 e. The molecule has 0 spiro atoms. The number of carboxylic acid groups (broad SMARTS) is 1. The second-order valence-electron chi connectivity index (χ2n) is 5.26. The van der Waals surface area contributed by atoms with E-state index in [1.165, 1.54) is 0 Å². The number of furan rings is 1. The number of nitrogens with one attached hydrogen (secondary N) is 1. The van der Waals surface area contributed by atoms with Crippen LogP contribution in [0.15, 0.2) is 21.2 Å². The molecule has 19 heavy (non-hydrogen) atoms. The second kappa shape index (κ2) is 6.57. The van der Waals surface area contributed by atoms with Gasteiger partial charge in [-0.1, -0.05) is 12.8 Å². The minimum absolute atomic E-state index is 0.0997. The molecule has 3 unspecified atom stereocenters. The van der Waals surface area contributed by atoms with Crippen LogP contribution in [0.1, 0.15) is 44.4 Å². The van der Waals surface area contributed by atoms with Gasteiger partial charge in [0.2, 0.25) is 0 Å². The molecule has 3 atom stereocenters. The molecule has 2 rings (SSSR count). The van der Waals surface area contributed by atoms with Crippen LogP contribution < -0.4 is 5.32 Å². The summed E-state index contributed by atoms with van der Waals surface area (Å²) in [5, 5.41) is 12.6. The van der Waals surface area contributed by atoms with Gasteiger partial charge < -0.3 is 14.8 Å². The van der Waals surface area contributed by atoms with Crippen molar-refractivity contribution in [2.75, 3.05) is 6.54 Å². The van der Waals surface area contributed by atoms with Gasteiger partial charge in [0.1, 0.15) is 5.76 Å². The van der Waals surface area contributed by atoms with E-state index >= 15 is 0 Å². The number of halogens is 1. The average molecular weight is 330 g/mol. The smallest absolute Gasteiger partial charge is 0.306 e. The molecule has 4 nitrogen and oxygen atoms in total. The van der Waals surface area contributed by atoms with Crippen LogP contribution in [0.2, 0.25) is 0 Å². The first-order valence-electron chi connectivity index (χ1n) is 6.79. The maximum Gasteiger partial charge on any atom is 0.306 e. The van der Waals surface area contributed by atoms with E-state index in [9.17, 15) is 9.90 Å². The fourth-order valence-electron chi connectivity index (χ4n) is 2.77. The highest BCUT2D eigenvalue weighted by molar-refractivity contribution is 9.10. The summed E-state index contributed by atoms with van der Waals surface area (Å²) >= 11 is 3.28. The lowest BCUT2D eigenvalue weighted by Gasteiger charge is -2.29. The highest BCUT2D eigenvalue weighted by atomic mass is 79.9. The summed E-state index contributed by atoms with van der Waals surface area (Å²) in [6.07, 6.45) is 3.98. The van der Waals surface area contributed by atoms with Crippen LogP contribution in [0.4, 0.5) is 0 Å². The zero-order valence-electron chi connectivity index (χ0n) is 11.1. The Morgan fingerprint density at radius 3 is 2.89 bits per heavy atom. The molecular formula is C14H20BrNO3. The molecular weight excluding hydrogens is 310 g/mol. The van der Waals surface area contributed by atoms with E-state index in [1.54, 1.807) is 0 Å². The van der Waals surface area contributed by atoms with E-state index in [0.29, 0.717) is 0 Å². The molecule has 1 aliphatic carbocycles. The quantitative estimate of drug-likeness (QED) is 0.866. The number of hydrogen-bond donors (Lipinski definition) is 2. The molecule has 1 saturated carbocycles. The molecule has 0 amide bonds. The molecule has 1 heterocycles. The van der Waals surface area contributed by atoms with Crippen molar-refractivity contribution in [2.24, 2.45) is 11.8 Å². The third-order valence-corrected chi connectivity index (χ3v) is 4.36. The Bertz CT molecular complexity index is 432. The Balaban J connectivity index is 1.88. The number of rotatable bonds is 5. The molecule has 2 N–H and O–H groups in total. The van der Waals surface area contributed by atoms with Gasteiger partial charge in [-0.05, 0) is 60.3 Å². The summed E-state index contributed by atoms with van der Waals surface area (Å²) in [5.74, 6) is 0.248. The molecule has 1 aliphatic rings. The summed E-state index contributed by atoms with van der Waals surface area (Å²) < 4.78 is 6.22. The summed E-state index contributed by atoms with van der Waals surface area (Å²) in [7, 11) is 0. The summed E-state index contributed by atoms with van der Waals surface area (Å²) in [5.41, 5.74) is 0. The molecule has 1 aromatic rings. The van der Waals surface area contributed by atoms with Crippen molar-refractivity contribution in [3.63, 3.8) is 0 Å². The van der Waals surface area contributed by atoms with Gasteiger partial charge >= 0.3 is 5.97 Å². The SMILES string of the molecule is CC(NCC1CCCCC1C(=O)O)c1ccc(Br)o1. The molecule has 5 heteroatoms. The highest BCUT2D eigenvalue weighted by Gasteiger charge is 2.30. The molecule has 106 valence electrons. The lowest BCUT2D eigenvalue weighted by atomic mass is 9.79. The Hall–Kier alpha value is -0.810. The molecule has 0 bridgehead atoms. The van der Waals surface area contributed by atoms with Gasteiger partial charge in [-0.2, -0.15) is 0 Å². The van der Waals surface area contributed by atoms with Crippen LogP contribution in [0.25, 0.3) is 0 Å². The Labute approximate surface area is 121 Å². The first-order chi connectivity index (χ1) is 9.08. The summed E-state index contributed by atoms with van der Waals surface area (Å²) in [6, 6.07) is 3.90. The van der Waals surface area contributed by atoms with Crippen molar-refractivity contribution < 1.29 is 14.3 Å². The van der Waals surface area contributed by atoms with Crippen LogP contribution in [-0.4, -0.2) is 17.6 Å². The third kappa shape index (κ3) is 3.83. The molecule has 1 fully saturated rings. The zero-order chi connectivity index (χ0) is 13.8. The van der Waals surface area contributed by atoms with Crippen molar-refractivity contribution in [1.29, 1.82) is 0 Å². The van der Waals surface area contributed by atoms with Gasteiger partial charge in [0.15, 0.2) is 4.67 Å². The minimum atomic E-state index is -0.653. The van der Waals surface area contributed by atoms with Gasteiger partial charge in [-0.25, -0.2) is 0 Å². The van der Waals surface area contributed by atoms with Gasteiger partial charge in [0.25, 0.3) is 0 Å². The van der Waals surface area contributed by atoms with Crippen LogP contribution in [0.5, 0.6) is 0 Å². The first kappa shape index (κ1) is 14.6. The normalized spacial score (nSPS) is 25.2. The predicted octanol–water partition coefficient (Wildman–Crippen LogP) is 3.58. The van der Waals surface area contributed by atoms with E-state index in [2.05, 4.69) is 21.2 Å². The molecule has 0 saturated heterocycles. The van der Waals surface area contributed by atoms with Gasteiger partial charge in [-0.3, -0.25) is 4.79 Å². The van der Waals surface area contributed by atoms with Crippen LogP contribution in [0, 0.1) is 11.8 Å². The molecule has 0 aliphatic heterocycles. The van der Waals surface area contributed by atoms with Crippen molar-refractivity contribution in [3.05, 3.63) is 22.6 Å². The van der Waals surface area contributed by atoms with Crippen LogP contribution >= 0.6 is 15.9 Å². The maximum atomic E-state index is 11.2. The number of carboxylic acids is 1. The Morgan fingerprint density at radius 1 is 1.53 bits per heavy atom. The fraction of sp³-hybridized carbons (Fsp3) is 0.643. The first-order valence-corrected chi connectivity index (χ1v) is 7.58. The zero-order valence-corrected chi connectivity index (χ0v) is 12.6. The summed E-state index contributed by atoms with van der Waals surface area (Å²) in [6.45, 7) is 2.76. The van der Waals surface area contributed by atoms with E-state index in [0.717, 1.165) is 42.7 Å². The second-order valence-corrected chi connectivity index (χ2v) is 6.04. The van der Waals surface area contributed by atoms with E-state index < -0.39 is 5.97 Å². The van der Waals surface area contributed by atoms with Gasteiger partial charge in [0.05, 0.1) is 12.0 Å². The van der Waals surface area contributed by atoms with Gasteiger partial charge in [-0.15, -0.1) is 0 Å². The highest BCUT2D eigenvalue weighted by Crippen LogP contribution is 2.30. The van der Waals surface area contributed by atoms with Crippen molar-refractivity contribution in [3.8, 4) is 0 Å². The number of hydrogen-bond acceptors (Lipinski definition) is 3. The topological polar surface area (TPSA) is 62.5 Å². The van der Waals surface area contributed by atoms with Crippen molar-refractivity contribution in [2.45, 2.75) is 38.6 Å². The predicted molar refractivity (Wildman–Crippen MR) is 75.9 cm³/mol. The van der Waals surface area contributed by atoms with Crippen LogP contribution in [0.3, 0.4) is 0 Å². The monoisotopic (exact) mass is 329 g/mol. The number of aliphatic carboxylic acids is 1. The number of carbonyl (C=O) groups is 1. The van der Waals surface area contributed by atoms with Gasteiger partial charge in [0, 0.05) is 0 Å². The fourth-order valence-corrected chi connectivity index (χ4v) is 3.09. The maximum absolute atomic E-state index is 11.2. The minimum Gasteiger partial charge on any atom is -0.481 e. The lowest BCUT2D eigenvalue weighted by molar-refractivity contribution is -0.144. The third-order valence-electron chi connectivity index (χ3n) is 3.93. The average Bonchev–Trinajstić information content (AvgIpc) is 2.83. The molecule has 1 aromatic heterocycles. The summed E-state index contributed by atoms with van der Waals surface area (Å²) in [4.78, 5) is 11.2. The molecule has 0 aromatic carbocycles. The Morgan fingerprint density at radius 2 is 2.26 bits per heavy atom. The van der Waals surface area contributed by atoms with E-state index in [4.69, 9.17) is 4.42 Å².